The van der Waals surface area contributed by atoms with E-state index in [1.165, 1.54) is 19.4 Å². The van der Waals surface area contributed by atoms with Gasteiger partial charge in [0.15, 0.2) is 0 Å². The molecule has 0 atom stereocenters. The number of ether oxygens (including phenoxy) is 2. The van der Waals surface area contributed by atoms with E-state index >= 15 is 0 Å². The van der Waals surface area contributed by atoms with E-state index in [0.29, 0.717) is 5.75 Å². The normalized spacial score (nSPS) is 10.5. The average molecular weight is 265 g/mol. The van der Waals surface area contributed by atoms with Crippen LogP contribution in [-0.2, 0) is 4.74 Å². The second-order valence-corrected chi connectivity index (χ2v) is 3.75. The highest BCUT2D eigenvalue weighted by Crippen LogP contribution is 2.23. The van der Waals surface area contributed by atoms with Crippen molar-refractivity contribution in [2.75, 3.05) is 13.7 Å². The number of aromatic amines is 1. The topological polar surface area (TPSA) is 68.4 Å². The monoisotopic (exact) mass is 265 g/mol. The maximum Gasteiger partial charge on any atom is 0.343 e. The molecule has 2 rings (SSSR count). The summed E-state index contributed by atoms with van der Waals surface area (Å²) < 4.78 is 23.5. The van der Waals surface area contributed by atoms with E-state index in [-0.39, 0.29) is 23.1 Å². The summed E-state index contributed by atoms with van der Waals surface area (Å²) in [5.41, 5.74) is -0.745. The van der Waals surface area contributed by atoms with Crippen molar-refractivity contribution in [3.8, 4) is 5.75 Å². The van der Waals surface area contributed by atoms with Crippen LogP contribution in [-0.4, -0.2) is 24.7 Å². The molecule has 1 heterocycles. The number of aromatic nitrogens is 1. The average Bonchev–Trinajstić information content (AvgIpc) is 2.39. The van der Waals surface area contributed by atoms with Crippen molar-refractivity contribution in [1.29, 1.82) is 0 Å². The molecule has 1 N–H and O–H groups in total. The minimum atomic E-state index is -0.784. The molecular formula is C13H12FNO4. The second kappa shape index (κ2) is 5.09. The molecule has 0 unspecified atom stereocenters. The number of methoxy groups -OCH3 is 1. The summed E-state index contributed by atoms with van der Waals surface area (Å²) in [6.45, 7) is 1.76. The maximum absolute atomic E-state index is 13.8. The Morgan fingerprint density at radius 3 is 2.79 bits per heavy atom. The first kappa shape index (κ1) is 13.1. The molecule has 1 aromatic carbocycles. The number of carbonyl (C=O) groups excluding carboxylic acids is 1. The molecule has 0 spiro atoms. The van der Waals surface area contributed by atoms with Gasteiger partial charge in [0, 0.05) is 6.20 Å². The largest absolute Gasteiger partial charge is 0.495 e. The molecule has 0 saturated heterocycles. The van der Waals surface area contributed by atoms with Crippen molar-refractivity contribution in [3.63, 3.8) is 0 Å². The first-order valence-corrected chi connectivity index (χ1v) is 5.65. The molecule has 0 saturated carbocycles. The van der Waals surface area contributed by atoms with Gasteiger partial charge in [0.05, 0.1) is 24.6 Å². The molecule has 100 valence electrons. The summed E-state index contributed by atoms with van der Waals surface area (Å²) in [5.74, 6) is -1.18. The fraction of sp³-hybridized carbons (Fsp3) is 0.231. The van der Waals surface area contributed by atoms with Crippen LogP contribution in [0.2, 0.25) is 0 Å². The number of rotatable bonds is 3. The number of fused-ring (bicyclic) bond motifs is 1. The van der Waals surface area contributed by atoms with Crippen LogP contribution in [0, 0.1) is 5.82 Å². The van der Waals surface area contributed by atoms with Gasteiger partial charge in [-0.1, -0.05) is 0 Å². The SMILES string of the molecule is CCOC(=O)c1c[nH]c2c(OC)ccc(F)c2c1=O. The van der Waals surface area contributed by atoms with Crippen molar-refractivity contribution in [3.05, 3.63) is 39.9 Å². The van der Waals surface area contributed by atoms with Crippen molar-refractivity contribution in [2.24, 2.45) is 0 Å². The lowest BCUT2D eigenvalue weighted by Crippen LogP contribution is -2.19. The summed E-state index contributed by atoms with van der Waals surface area (Å²) >= 11 is 0. The lowest BCUT2D eigenvalue weighted by atomic mass is 10.1. The van der Waals surface area contributed by atoms with E-state index in [4.69, 9.17) is 9.47 Å². The summed E-state index contributed by atoms with van der Waals surface area (Å²) in [6.07, 6.45) is 1.20. The Balaban J connectivity index is 2.75. The number of benzene rings is 1. The van der Waals surface area contributed by atoms with Crippen LogP contribution < -0.4 is 10.2 Å². The molecule has 1 aromatic heterocycles. The Hall–Kier alpha value is -2.37. The Bertz CT molecular complexity index is 693. The van der Waals surface area contributed by atoms with Gasteiger partial charge in [0.2, 0.25) is 5.43 Å². The van der Waals surface area contributed by atoms with Gasteiger partial charge in [-0.15, -0.1) is 0 Å². The summed E-state index contributed by atoms with van der Waals surface area (Å²) in [4.78, 5) is 26.4. The molecular weight excluding hydrogens is 253 g/mol. The van der Waals surface area contributed by atoms with Crippen LogP contribution >= 0.6 is 0 Å². The van der Waals surface area contributed by atoms with Crippen molar-refractivity contribution < 1.29 is 18.7 Å². The van der Waals surface area contributed by atoms with Crippen molar-refractivity contribution in [1.82, 2.24) is 4.98 Å². The van der Waals surface area contributed by atoms with Crippen LogP contribution in [0.1, 0.15) is 17.3 Å². The van der Waals surface area contributed by atoms with Gasteiger partial charge in [-0.05, 0) is 19.1 Å². The highest BCUT2D eigenvalue weighted by molar-refractivity contribution is 5.95. The molecule has 6 heteroatoms. The van der Waals surface area contributed by atoms with E-state index in [1.54, 1.807) is 6.92 Å². The van der Waals surface area contributed by atoms with E-state index in [2.05, 4.69) is 4.98 Å². The smallest absolute Gasteiger partial charge is 0.343 e. The standard InChI is InChI=1S/C13H12FNO4/c1-3-19-13(17)7-6-15-11-9(18-2)5-4-8(14)10(11)12(7)16/h4-6H,3H2,1-2H3,(H,15,16). The third-order valence-corrected chi connectivity index (χ3v) is 2.66. The van der Waals surface area contributed by atoms with Crippen molar-refractivity contribution >= 4 is 16.9 Å². The quantitative estimate of drug-likeness (QED) is 0.860. The number of halogens is 1. The lowest BCUT2D eigenvalue weighted by Gasteiger charge is -2.07. The number of esters is 1. The Kier molecular flexibility index (Phi) is 3.50. The Labute approximate surface area is 108 Å². The van der Waals surface area contributed by atoms with Gasteiger partial charge in [-0.25, -0.2) is 9.18 Å². The molecule has 19 heavy (non-hydrogen) atoms. The van der Waals surface area contributed by atoms with Crippen LogP contribution in [0.4, 0.5) is 4.39 Å². The van der Waals surface area contributed by atoms with Gasteiger partial charge in [-0.2, -0.15) is 0 Å². The number of nitrogens with one attached hydrogen (secondary N) is 1. The zero-order valence-electron chi connectivity index (χ0n) is 10.5. The van der Waals surface area contributed by atoms with Gasteiger partial charge >= 0.3 is 5.97 Å². The van der Waals surface area contributed by atoms with Gasteiger partial charge in [0.25, 0.3) is 0 Å². The van der Waals surface area contributed by atoms with E-state index in [0.717, 1.165) is 6.07 Å². The minimum Gasteiger partial charge on any atom is -0.495 e. The predicted molar refractivity (Wildman–Crippen MR) is 67.0 cm³/mol. The maximum atomic E-state index is 13.8. The molecule has 0 fully saturated rings. The lowest BCUT2D eigenvalue weighted by molar-refractivity contribution is 0.0524. The molecule has 0 aliphatic heterocycles. The molecule has 0 aliphatic carbocycles. The second-order valence-electron chi connectivity index (χ2n) is 3.75. The Morgan fingerprint density at radius 1 is 1.42 bits per heavy atom. The number of pyridine rings is 1. The number of hydrogen-bond acceptors (Lipinski definition) is 4. The highest BCUT2D eigenvalue weighted by Gasteiger charge is 2.18. The molecule has 0 aliphatic rings. The molecule has 2 aromatic rings. The third-order valence-electron chi connectivity index (χ3n) is 2.66. The fourth-order valence-corrected chi connectivity index (χ4v) is 1.80. The highest BCUT2D eigenvalue weighted by atomic mass is 19.1. The molecule has 0 amide bonds. The first-order chi connectivity index (χ1) is 9.10. The number of H-pyrrole nitrogens is 1. The zero-order chi connectivity index (χ0) is 14.0. The first-order valence-electron chi connectivity index (χ1n) is 5.65. The molecule has 0 radical (unpaired) electrons. The van der Waals surface area contributed by atoms with Crippen molar-refractivity contribution in [2.45, 2.75) is 6.92 Å². The zero-order valence-corrected chi connectivity index (χ0v) is 10.5. The van der Waals surface area contributed by atoms with E-state index in [1.807, 2.05) is 0 Å². The van der Waals surface area contributed by atoms with E-state index in [9.17, 15) is 14.0 Å². The number of hydrogen-bond donors (Lipinski definition) is 1. The molecule has 5 nitrogen and oxygen atoms in total. The summed E-state index contributed by atoms with van der Waals surface area (Å²) in [7, 11) is 1.41. The Morgan fingerprint density at radius 2 is 2.16 bits per heavy atom. The fourth-order valence-electron chi connectivity index (χ4n) is 1.80. The van der Waals surface area contributed by atoms with Crippen LogP contribution in [0.5, 0.6) is 5.75 Å². The summed E-state index contributed by atoms with van der Waals surface area (Å²) in [5, 5.41) is -0.218. The minimum absolute atomic E-state index is 0.136. The van der Waals surface area contributed by atoms with Gasteiger partial charge in [-0.3, -0.25) is 4.79 Å². The van der Waals surface area contributed by atoms with Gasteiger partial charge < -0.3 is 14.5 Å². The van der Waals surface area contributed by atoms with Gasteiger partial charge in [0.1, 0.15) is 17.1 Å². The number of carbonyl (C=O) groups is 1. The third kappa shape index (κ3) is 2.16. The van der Waals surface area contributed by atoms with Crippen LogP contribution in [0.3, 0.4) is 0 Å². The summed E-state index contributed by atoms with van der Waals surface area (Å²) in [6, 6.07) is 2.52. The van der Waals surface area contributed by atoms with Crippen LogP contribution in [0.25, 0.3) is 10.9 Å². The van der Waals surface area contributed by atoms with Crippen LogP contribution in [0.15, 0.2) is 23.1 Å². The predicted octanol–water partition coefficient (Wildman–Crippen LogP) is 1.85. The molecule has 0 bridgehead atoms. The van der Waals surface area contributed by atoms with E-state index < -0.39 is 17.2 Å².